The molecule has 88 valence electrons. The summed E-state index contributed by atoms with van der Waals surface area (Å²) in [5.74, 6) is 0.0525. The SMILES string of the molecule is CC1(C)CC2=Nc3ccccc3NC(=O)C2C1. The smallest absolute Gasteiger partial charge is 0.233 e. The van der Waals surface area contributed by atoms with Crippen LogP contribution in [0.5, 0.6) is 0 Å². The maximum absolute atomic E-state index is 12.2. The number of rotatable bonds is 0. The van der Waals surface area contributed by atoms with Gasteiger partial charge in [-0.15, -0.1) is 0 Å². The number of hydrogen-bond donors (Lipinski definition) is 1. The highest BCUT2D eigenvalue weighted by molar-refractivity contribution is 6.14. The third-order valence-corrected chi connectivity index (χ3v) is 3.56. The van der Waals surface area contributed by atoms with Crippen molar-refractivity contribution in [3.63, 3.8) is 0 Å². The van der Waals surface area contributed by atoms with Gasteiger partial charge in [0.2, 0.25) is 5.91 Å². The van der Waals surface area contributed by atoms with Crippen LogP contribution in [-0.2, 0) is 4.79 Å². The highest BCUT2D eigenvalue weighted by atomic mass is 16.1. The Balaban J connectivity index is 2.09. The van der Waals surface area contributed by atoms with E-state index in [0.717, 1.165) is 29.9 Å². The number of para-hydroxylation sites is 2. The molecule has 0 saturated heterocycles. The summed E-state index contributed by atoms with van der Waals surface area (Å²) in [6.45, 7) is 4.40. The molecule has 3 rings (SSSR count). The fourth-order valence-corrected chi connectivity index (χ4v) is 2.77. The minimum Gasteiger partial charge on any atom is -0.324 e. The molecule has 3 heteroatoms. The van der Waals surface area contributed by atoms with Gasteiger partial charge in [0.15, 0.2) is 0 Å². The van der Waals surface area contributed by atoms with Crippen molar-refractivity contribution in [1.82, 2.24) is 0 Å². The molecule has 2 aliphatic rings. The van der Waals surface area contributed by atoms with E-state index in [2.05, 4.69) is 24.2 Å². The van der Waals surface area contributed by atoms with Crippen molar-refractivity contribution < 1.29 is 4.79 Å². The fraction of sp³-hybridized carbons (Fsp3) is 0.429. The van der Waals surface area contributed by atoms with Crippen LogP contribution >= 0.6 is 0 Å². The summed E-state index contributed by atoms with van der Waals surface area (Å²) in [6.07, 6.45) is 1.81. The van der Waals surface area contributed by atoms with Crippen molar-refractivity contribution in [1.29, 1.82) is 0 Å². The lowest BCUT2D eigenvalue weighted by Crippen LogP contribution is -2.24. The van der Waals surface area contributed by atoms with E-state index in [9.17, 15) is 4.79 Å². The van der Waals surface area contributed by atoms with Crippen LogP contribution < -0.4 is 5.32 Å². The Hall–Kier alpha value is -1.64. The van der Waals surface area contributed by atoms with Crippen LogP contribution in [0.2, 0.25) is 0 Å². The predicted molar refractivity (Wildman–Crippen MR) is 68.7 cm³/mol. The van der Waals surface area contributed by atoms with Crippen LogP contribution in [0.4, 0.5) is 11.4 Å². The van der Waals surface area contributed by atoms with E-state index < -0.39 is 0 Å². The molecule has 0 aromatic heterocycles. The van der Waals surface area contributed by atoms with Gasteiger partial charge in [-0.1, -0.05) is 26.0 Å². The molecule has 17 heavy (non-hydrogen) atoms. The van der Waals surface area contributed by atoms with E-state index in [1.807, 2.05) is 24.3 Å². The Morgan fingerprint density at radius 2 is 2.12 bits per heavy atom. The summed E-state index contributed by atoms with van der Waals surface area (Å²) >= 11 is 0. The summed E-state index contributed by atoms with van der Waals surface area (Å²) in [5.41, 5.74) is 2.94. The highest BCUT2D eigenvalue weighted by Crippen LogP contribution is 2.43. The molecule has 0 bridgehead atoms. The monoisotopic (exact) mass is 228 g/mol. The van der Waals surface area contributed by atoms with Crippen molar-refractivity contribution in [2.75, 3.05) is 5.32 Å². The molecule has 1 heterocycles. The number of carbonyl (C=O) groups excluding carboxylic acids is 1. The summed E-state index contributed by atoms with van der Waals surface area (Å²) in [6, 6.07) is 7.74. The first kappa shape index (κ1) is 10.5. The number of amides is 1. The standard InChI is InChI=1S/C14H16N2O/c1-14(2)7-9-12(8-14)15-10-5-3-4-6-11(10)16-13(9)17/h3-6,9H,7-8H2,1-2H3,(H,16,17). The quantitative estimate of drug-likeness (QED) is 0.728. The van der Waals surface area contributed by atoms with Gasteiger partial charge in [0.25, 0.3) is 0 Å². The van der Waals surface area contributed by atoms with Crippen molar-refractivity contribution in [3.8, 4) is 0 Å². The molecule has 1 aromatic carbocycles. The Kier molecular flexibility index (Phi) is 2.12. The third kappa shape index (κ3) is 1.75. The molecule has 1 fully saturated rings. The third-order valence-electron chi connectivity index (χ3n) is 3.56. The van der Waals surface area contributed by atoms with Crippen LogP contribution in [-0.4, -0.2) is 11.6 Å². The molecule has 1 N–H and O–H groups in total. The molecular weight excluding hydrogens is 212 g/mol. The average Bonchev–Trinajstić information content (AvgIpc) is 2.50. The lowest BCUT2D eigenvalue weighted by atomic mass is 9.90. The van der Waals surface area contributed by atoms with Gasteiger partial charge in [0, 0.05) is 5.71 Å². The van der Waals surface area contributed by atoms with E-state index in [1.165, 1.54) is 0 Å². The zero-order valence-electron chi connectivity index (χ0n) is 10.2. The van der Waals surface area contributed by atoms with Gasteiger partial charge in [-0.2, -0.15) is 0 Å². The van der Waals surface area contributed by atoms with E-state index in [0.29, 0.717) is 0 Å². The van der Waals surface area contributed by atoms with E-state index >= 15 is 0 Å². The summed E-state index contributed by atoms with van der Waals surface area (Å²) in [4.78, 5) is 16.8. The number of nitrogens with zero attached hydrogens (tertiary/aromatic N) is 1. The molecule has 0 radical (unpaired) electrons. The topological polar surface area (TPSA) is 41.5 Å². The van der Waals surface area contributed by atoms with Gasteiger partial charge in [0.05, 0.1) is 17.3 Å². The molecule has 1 unspecified atom stereocenters. The zero-order chi connectivity index (χ0) is 12.0. The number of aliphatic imine (C=N–C) groups is 1. The molecule has 1 aromatic rings. The lowest BCUT2D eigenvalue weighted by Gasteiger charge is -2.16. The zero-order valence-corrected chi connectivity index (χ0v) is 10.2. The lowest BCUT2D eigenvalue weighted by molar-refractivity contribution is -0.118. The van der Waals surface area contributed by atoms with Crippen molar-refractivity contribution in [2.45, 2.75) is 26.7 Å². The average molecular weight is 228 g/mol. The van der Waals surface area contributed by atoms with E-state index in [1.54, 1.807) is 0 Å². The first-order valence-corrected chi connectivity index (χ1v) is 6.02. The van der Waals surface area contributed by atoms with Crippen LogP contribution in [0.25, 0.3) is 0 Å². The van der Waals surface area contributed by atoms with Crippen LogP contribution in [0.15, 0.2) is 29.3 Å². The van der Waals surface area contributed by atoms with Gasteiger partial charge < -0.3 is 5.32 Å². The molecular formula is C14H16N2O. The van der Waals surface area contributed by atoms with Gasteiger partial charge in [-0.3, -0.25) is 9.79 Å². The summed E-state index contributed by atoms with van der Waals surface area (Å²) in [5, 5.41) is 2.98. The van der Waals surface area contributed by atoms with Crippen LogP contribution in [0.3, 0.4) is 0 Å². The maximum Gasteiger partial charge on any atom is 0.233 e. The highest BCUT2D eigenvalue weighted by Gasteiger charge is 2.41. The molecule has 1 aliphatic heterocycles. The second-order valence-corrected chi connectivity index (χ2v) is 5.71. The number of benzene rings is 1. The largest absolute Gasteiger partial charge is 0.324 e. The van der Waals surface area contributed by atoms with Crippen molar-refractivity contribution in [3.05, 3.63) is 24.3 Å². The van der Waals surface area contributed by atoms with Gasteiger partial charge >= 0.3 is 0 Å². The minimum atomic E-state index is -0.0441. The molecule has 1 amide bonds. The van der Waals surface area contributed by atoms with Crippen LogP contribution in [0, 0.1) is 11.3 Å². The molecule has 1 atom stereocenters. The van der Waals surface area contributed by atoms with Gasteiger partial charge in [0.1, 0.15) is 0 Å². The normalized spacial score (nSPS) is 25.4. The Bertz CT molecular complexity index is 517. The Morgan fingerprint density at radius 1 is 1.35 bits per heavy atom. The number of nitrogens with one attached hydrogen (secondary N) is 1. The fourth-order valence-electron chi connectivity index (χ4n) is 2.77. The second kappa shape index (κ2) is 3.42. The van der Waals surface area contributed by atoms with Crippen molar-refractivity contribution in [2.24, 2.45) is 16.3 Å². The van der Waals surface area contributed by atoms with Crippen molar-refractivity contribution >= 4 is 23.0 Å². The number of carbonyl (C=O) groups is 1. The maximum atomic E-state index is 12.2. The minimum absolute atomic E-state index is 0.0441. The van der Waals surface area contributed by atoms with E-state index in [4.69, 9.17) is 0 Å². The van der Waals surface area contributed by atoms with Gasteiger partial charge in [-0.25, -0.2) is 0 Å². The predicted octanol–water partition coefficient (Wildman–Crippen LogP) is 3.15. The number of hydrogen-bond acceptors (Lipinski definition) is 2. The number of anilines is 1. The van der Waals surface area contributed by atoms with Crippen LogP contribution in [0.1, 0.15) is 26.7 Å². The second-order valence-electron chi connectivity index (χ2n) is 5.71. The summed E-state index contributed by atoms with van der Waals surface area (Å²) < 4.78 is 0. The molecule has 3 nitrogen and oxygen atoms in total. The summed E-state index contributed by atoms with van der Waals surface area (Å²) in [7, 11) is 0. The van der Waals surface area contributed by atoms with E-state index in [-0.39, 0.29) is 17.2 Å². The Labute approximate surface area is 101 Å². The molecule has 1 aliphatic carbocycles. The van der Waals surface area contributed by atoms with Gasteiger partial charge in [-0.05, 0) is 30.4 Å². The molecule has 0 spiro atoms. The first-order chi connectivity index (χ1) is 8.05. The molecule has 1 saturated carbocycles. The first-order valence-electron chi connectivity index (χ1n) is 6.02. The Morgan fingerprint density at radius 3 is 2.94 bits per heavy atom. The number of fused-ring (bicyclic) bond motifs is 2.